The minimum atomic E-state index is 1.14. The molecule has 0 fully saturated rings. The molecule has 60 valence electrons. The third-order valence-corrected chi connectivity index (χ3v) is 2.00. The van der Waals surface area contributed by atoms with E-state index in [9.17, 15) is 0 Å². The van der Waals surface area contributed by atoms with Crippen LogP contribution in [0.15, 0.2) is 41.6 Å². The van der Waals surface area contributed by atoms with Gasteiger partial charge in [-0.15, -0.1) is 0 Å². The topological polar surface area (TPSA) is 17.3 Å². The van der Waals surface area contributed by atoms with Crippen molar-refractivity contribution >= 4 is 37.7 Å². The van der Waals surface area contributed by atoms with E-state index >= 15 is 0 Å². The van der Waals surface area contributed by atoms with Crippen molar-refractivity contribution < 1.29 is 0 Å². The monoisotopic (exact) mass is 270 g/mol. The normalized spacial score (nSPS) is 11.4. The summed E-state index contributed by atoms with van der Waals surface area (Å²) in [5, 5.41) is 5.39. The van der Waals surface area contributed by atoms with Crippen molar-refractivity contribution in [3.63, 3.8) is 0 Å². The number of hydrogen-bond donors (Lipinski definition) is 0. The fourth-order valence-corrected chi connectivity index (χ4v) is 1.48. The van der Waals surface area contributed by atoms with Gasteiger partial charge in [-0.1, -0.05) is 18.2 Å². The summed E-state index contributed by atoms with van der Waals surface area (Å²) >= 11 is 2.11. The molecule has 2 nitrogen and oxygen atoms in total. The number of fused-ring (bicyclic) bond motifs is 1. The molecule has 0 amide bonds. The van der Waals surface area contributed by atoms with Crippen LogP contribution in [0.25, 0.3) is 10.9 Å². The Morgan fingerprint density at radius 2 is 2.08 bits per heavy atom. The van der Waals surface area contributed by atoms with Gasteiger partial charge >= 0.3 is 0 Å². The Bertz CT molecular complexity index is 417. The van der Waals surface area contributed by atoms with E-state index in [0.717, 1.165) is 5.52 Å². The SMILES string of the molecule is I/C=N/n1ccc2ccccc21. The van der Waals surface area contributed by atoms with Gasteiger partial charge < -0.3 is 0 Å². The summed E-state index contributed by atoms with van der Waals surface area (Å²) < 4.78 is 3.62. The Morgan fingerprint density at radius 1 is 1.25 bits per heavy atom. The maximum absolute atomic E-state index is 4.17. The average Bonchev–Trinajstić information content (AvgIpc) is 2.50. The lowest BCUT2D eigenvalue weighted by molar-refractivity contribution is 0.938. The molecule has 1 aromatic carbocycles. The van der Waals surface area contributed by atoms with Crippen molar-refractivity contribution in [1.29, 1.82) is 0 Å². The van der Waals surface area contributed by atoms with Crippen LogP contribution in [0.4, 0.5) is 0 Å². The first-order valence-corrected chi connectivity index (χ1v) is 4.85. The predicted molar refractivity (Wildman–Crippen MR) is 59.8 cm³/mol. The number of hydrogen-bond acceptors (Lipinski definition) is 1. The van der Waals surface area contributed by atoms with Crippen molar-refractivity contribution in [3.8, 4) is 0 Å². The van der Waals surface area contributed by atoms with Crippen LogP contribution in [-0.4, -0.2) is 8.90 Å². The summed E-state index contributed by atoms with van der Waals surface area (Å²) in [5.74, 6) is 0. The van der Waals surface area contributed by atoms with Gasteiger partial charge in [-0.25, -0.2) is 4.68 Å². The second kappa shape index (κ2) is 3.26. The molecule has 0 aliphatic rings. The lowest BCUT2D eigenvalue weighted by atomic mass is 10.3. The Hall–Kier alpha value is -0.840. The number of aromatic nitrogens is 1. The van der Waals surface area contributed by atoms with Crippen LogP contribution in [-0.2, 0) is 0 Å². The highest BCUT2D eigenvalue weighted by molar-refractivity contribution is 14.1. The van der Waals surface area contributed by atoms with Crippen LogP contribution in [0.1, 0.15) is 0 Å². The highest BCUT2D eigenvalue weighted by Crippen LogP contribution is 2.14. The lowest BCUT2D eigenvalue weighted by Crippen LogP contribution is -1.82. The third-order valence-electron chi connectivity index (χ3n) is 1.75. The van der Waals surface area contributed by atoms with E-state index in [0.29, 0.717) is 0 Å². The Balaban J connectivity index is 2.70. The summed E-state index contributed by atoms with van der Waals surface area (Å²) in [7, 11) is 0. The van der Waals surface area contributed by atoms with Crippen molar-refractivity contribution in [2.24, 2.45) is 5.10 Å². The predicted octanol–water partition coefficient (Wildman–Crippen LogP) is 2.87. The molecule has 0 radical (unpaired) electrons. The molecule has 1 aromatic heterocycles. The highest BCUT2D eigenvalue weighted by Gasteiger charge is 1.95. The van der Waals surface area contributed by atoms with Gasteiger partial charge in [0.25, 0.3) is 0 Å². The fraction of sp³-hybridized carbons (Fsp3) is 0. The summed E-state index contributed by atoms with van der Waals surface area (Å²) in [4.78, 5) is 0. The minimum absolute atomic E-state index is 1.14. The Labute approximate surface area is 84.0 Å². The van der Waals surface area contributed by atoms with Gasteiger partial charge in [-0.05, 0) is 34.7 Å². The van der Waals surface area contributed by atoms with Crippen molar-refractivity contribution in [2.45, 2.75) is 0 Å². The molecule has 12 heavy (non-hydrogen) atoms. The molecule has 2 aromatic rings. The molecule has 1 heterocycles. The molecule has 0 unspecified atom stereocenters. The van der Waals surface area contributed by atoms with Gasteiger partial charge in [-0.2, -0.15) is 5.10 Å². The van der Waals surface area contributed by atoms with Gasteiger partial charge in [0.2, 0.25) is 0 Å². The molecule has 0 saturated heterocycles. The number of halogens is 1. The zero-order valence-corrected chi connectivity index (χ0v) is 8.47. The van der Waals surface area contributed by atoms with Crippen LogP contribution in [0, 0.1) is 0 Å². The zero-order chi connectivity index (χ0) is 8.39. The van der Waals surface area contributed by atoms with E-state index in [2.05, 4.69) is 45.9 Å². The molecule has 0 N–H and O–H groups in total. The van der Waals surface area contributed by atoms with E-state index in [4.69, 9.17) is 0 Å². The summed E-state index contributed by atoms with van der Waals surface area (Å²) in [6.45, 7) is 0. The molecule has 0 atom stereocenters. The summed E-state index contributed by atoms with van der Waals surface area (Å²) in [6, 6.07) is 10.2. The molecular weight excluding hydrogens is 263 g/mol. The fourth-order valence-electron chi connectivity index (χ4n) is 1.22. The molecule has 2 rings (SSSR count). The van der Waals surface area contributed by atoms with E-state index in [1.54, 1.807) is 4.22 Å². The minimum Gasteiger partial charge on any atom is -0.240 e. The smallest absolute Gasteiger partial charge is 0.0861 e. The van der Waals surface area contributed by atoms with Crippen LogP contribution in [0.2, 0.25) is 0 Å². The maximum atomic E-state index is 4.17. The Kier molecular flexibility index (Phi) is 2.12. The van der Waals surface area contributed by atoms with E-state index in [1.165, 1.54) is 5.39 Å². The zero-order valence-electron chi connectivity index (χ0n) is 6.31. The molecule has 0 bridgehead atoms. The van der Waals surface area contributed by atoms with E-state index < -0.39 is 0 Å². The van der Waals surface area contributed by atoms with E-state index in [-0.39, 0.29) is 0 Å². The quantitative estimate of drug-likeness (QED) is 0.560. The average molecular weight is 270 g/mol. The van der Waals surface area contributed by atoms with Crippen LogP contribution in [0.3, 0.4) is 0 Å². The molecule has 0 aliphatic heterocycles. The second-order valence-corrected chi connectivity index (χ2v) is 2.99. The molecule has 0 saturated carbocycles. The van der Waals surface area contributed by atoms with Crippen LogP contribution >= 0.6 is 22.6 Å². The first-order valence-electron chi connectivity index (χ1n) is 3.61. The first-order chi connectivity index (χ1) is 5.92. The highest BCUT2D eigenvalue weighted by atomic mass is 127. The molecule has 0 aliphatic carbocycles. The Morgan fingerprint density at radius 3 is 2.92 bits per heavy atom. The number of rotatable bonds is 1. The number of para-hydroxylation sites is 1. The van der Waals surface area contributed by atoms with Crippen molar-refractivity contribution in [1.82, 2.24) is 4.68 Å². The van der Waals surface area contributed by atoms with Crippen molar-refractivity contribution in [2.75, 3.05) is 0 Å². The van der Waals surface area contributed by atoms with Crippen LogP contribution < -0.4 is 0 Å². The van der Waals surface area contributed by atoms with Gasteiger partial charge in [0.05, 0.1) is 9.74 Å². The first kappa shape index (κ1) is 7.79. The van der Waals surface area contributed by atoms with Gasteiger partial charge in [0.15, 0.2) is 0 Å². The largest absolute Gasteiger partial charge is 0.240 e. The third kappa shape index (κ3) is 1.24. The number of nitrogens with zero attached hydrogens (tertiary/aromatic N) is 2. The molecular formula is C9H7IN2. The van der Waals surface area contributed by atoms with Gasteiger partial charge in [-0.3, -0.25) is 0 Å². The lowest BCUT2D eigenvalue weighted by Gasteiger charge is -1.93. The summed E-state index contributed by atoms with van der Waals surface area (Å²) in [6.07, 6.45) is 1.96. The standard InChI is InChI=1S/C9H7IN2/c10-7-11-12-6-5-8-3-1-2-4-9(8)12/h1-7H/b11-7+. The van der Waals surface area contributed by atoms with Crippen LogP contribution in [0.5, 0.6) is 0 Å². The molecule has 0 spiro atoms. The maximum Gasteiger partial charge on any atom is 0.0861 e. The number of benzene rings is 1. The second-order valence-electron chi connectivity index (χ2n) is 2.43. The van der Waals surface area contributed by atoms with E-state index in [1.807, 2.05) is 23.0 Å². The van der Waals surface area contributed by atoms with Gasteiger partial charge in [0.1, 0.15) is 0 Å². The van der Waals surface area contributed by atoms with Crippen molar-refractivity contribution in [3.05, 3.63) is 36.5 Å². The summed E-state index contributed by atoms with van der Waals surface area (Å²) in [5.41, 5.74) is 1.14. The van der Waals surface area contributed by atoms with Gasteiger partial charge in [0, 0.05) is 11.6 Å². The molecule has 3 heteroatoms.